The first-order valence-electron chi connectivity index (χ1n) is 10.1. The Morgan fingerprint density at radius 2 is 1.96 bits per heavy atom. The van der Waals surface area contributed by atoms with E-state index in [-0.39, 0.29) is 11.7 Å². The Morgan fingerprint density at radius 1 is 1.07 bits per heavy atom. The molecule has 5 heteroatoms. The van der Waals surface area contributed by atoms with Gasteiger partial charge in [0.1, 0.15) is 11.9 Å². The van der Waals surface area contributed by atoms with Crippen LogP contribution in [0.1, 0.15) is 30.0 Å². The Hall–Kier alpha value is -2.11. The maximum absolute atomic E-state index is 13.1. The number of hydrogen-bond acceptors (Lipinski definition) is 4. The van der Waals surface area contributed by atoms with Crippen molar-refractivity contribution in [1.82, 2.24) is 14.8 Å². The predicted molar refractivity (Wildman–Crippen MR) is 105 cm³/mol. The number of hydrogen-bond donors (Lipinski definition) is 1. The lowest BCUT2D eigenvalue weighted by Gasteiger charge is -2.37. The van der Waals surface area contributed by atoms with Gasteiger partial charge in [-0.05, 0) is 43.5 Å². The van der Waals surface area contributed by atoms with E-state index in [2.05, 4.69) is 26.9 Å². The Balaban J connectivity index is 1.28. The second kappa shape index (κ2) is 7.13. The summed E-state index contributed by atoms with van der Waals surface area (Å²) in [6, 6.07) is 14.3. The van der Waals surface area contributed by atoms with Crippen LogP contribution >= 0.6 is 0 Å². The van der Waals surface area contributed by atoms with Gasteiger partial charge in [0.15, 0.2) is 0 Å². The van der Waals surface area contributed by atoms with Crippen molar-refractivity contribution < 1.29 is 4.74 Å². The van der Waals surface area contributed by atoms with Crippen molar-refractivity contribution >= 4 is 0 Å². The molecule has 1 N–H and O–H groups in total. The lowest BCUT2D eigenvalue weighted by molar-refractivity contribution is 0.198. The number of nitrogens with one attached hydrogen (secondary N) is 1. The van der Waals surface area contributed by atoms with E-state index in [9.17, 15) is 4.79 Å². The zero-order chi connectivity index (χ0) is 18.2. The Morgan fingerprint density at radius 3 is 2.85 bits per heavy atom. The monoisotopic (exact) mass is 365 g/mol. The van der Waals surface area contributed by atoms with Crippen LogP contribution in [-0.4, -0.2) is 41.8 Å². The van der Waals surface area contributed by atoms with Crippen molar-refractivity contribution in [3.63, 3.8) is 0 Å². The first-order valence-corrected chi connectivity index (χ1v) is 10.1. The van der Waals surface area contributed by atoms with Crippen LogP contribution in [0.2, 0.25) is 0 Å². The minimum absolute atomic E-state index is 0.207. The van der Waals surface area contributed by atoms with E-state index in [0.717, 1.165) is 57.0 Å². The van der Waals surface area contributed by atoms with Crippen LogP contribution in [0.3, 0.4) is 0 Å². The van der Waals surface area contributed by atoms with Gasteiger partial charge in [-0.15, -0.1) is 0 Å². The fourth-order valence-electron chi connectivity index (χ4n) is 4.93. The molecule has 3 aliphatic heterocycles. The minimum atomic E-state index is 0.207. The molecular formula is C22H27N3O2. The van der Waals surface area contributed by atoms with Crippen LogP contribution in [0, 0.1) is 5.92 Å². The summed E-state index contributed by atoms with van der Waals surface area (Å²) in [4.78, 5) is 15.4. The molecule has 5 nitrogen and oxygen atoms in total. The number of fused-ring (bicyclic) bond motifs is 4. The maximum atomic E-state index is 13.1. The average Bonchev–Trinajstić information content (AvgIpc) is 3.12. The van der Waals surface area contributed by atoms with Gasteiger partial charge in [0.2, 0.25) is 0 Å². The molecule has 2 aromatic rings. The molecule has 2 fully saturated rings. The van der Waals surface area contributed by atoms with Gasteiger partial charge >= 0.3 is 0 Å². The third kappa shape index (κ3) is 3.42. The molecule has 142 valence electrons. The number of aromatic nitrogens is 1. The van der Waals surface area contributed by atoms with Crippen LogP contribution in [0.15, 0.2) is 47.3 Å². The number of para-hydroxylation sites is 1. The highest BCUT2D eigenvalue weighted by Gasteiger charge is 2.32. The van der Waals surface area contributed by atoms with Crippen molar-refractivity contribution in [2.45, 2.75) is 38.0 Å². The summed E-state index contributed by atoms with van der Waals surface area (Å²) in [5.74, 6) is 2.02. The summed E-state index contributed by atoms with van der Waals surface area (Å²) < 4.78 is 8.14. The number of pyridine rings is 1. The van der Waals surface area contributed by atoms with Gasteiger partial charge < -0.3 is 14.6 Å². The smallest absolute Gasteiger partial charge is 0.255 e. The highest BCUT2D eigenvalue weighted by molar-refractivity contribution is 5.23. The Bertz CT molecular complexity index is 864. The number of ether oxygens (including phenoxy) is 1. The topological polar surface area (TPSA) is 46.5 Å². The van der Waals surface area contributed by atoms with E-state index >= 15 is 0 Å². The van der Waals surface area contributed by atoms with Crippen molar-refractivity contribution in [3.05, 3.63) is 64.1 Å². The highest BCUT2D eigenvalue weighted by atomic mass is 16.5. The largest absolute Gasteiger partial charge is 0.489 e. The molecular weight excluding hydrogens is 338 g/mol. The van der Waals surface area contributed by atoms with E-state index in [1.165, 1.54) is 12.1 Å². The molecule has 0 unspecified atom stereocenters. The summed E-state index contributed by atoms with van der Waals surface area (Å²) in [6.45, 7) is 5.49. The molecule has 0 radical (unpaired) electrons. The van der Waals surface area contributed by atoms with Crippen molar-refractivity contribution in [3.8, 4) is 5.75 Å². The van der Waals surface area contributed by atoms with Gasteiger partial charge in [-0.25, -0.2) is 0 Å². The molecule has 3 aliphatic rings. The van der Waals surface area contributed by atoms with Crippen molar-refractivity contribution in [2.24, 2.45) is 5.92 Å². The van der Waals surface area contributed by atoms with Gasteiger partial charge in [0.25, 0.3) is 5.56 Å². The van der Waals surface area contributed by atoms with Gasteiger partial charge in [-0.3, -0.25) is 9.69 Å². The lowest BCUT2D eigenvalue weighted by atomic mass is 9.84. The van der Waals surface area contributed by atoms with Crippen LogP contribution < -0.4 is 15.6 Å². The summed E-state index contributed by atoms with van der Waals surface area (Å²) in [7, 11) is 0. The first kappa shape index (κ1) is 17.0. The van der Waals surface area contributed by atoms with E-state index in [1.54, 1.807) is 0 Å². The summed E-state index contributed by atoms with van der Waals surface area (Å²) in [6.07, 6.45) is 2.44. The molecule has 27 heavy (non-hydrogen) atoms. The minimum Gasteiger partial charge on any atom is -0.489 e. The second-order valence-electron chi connectivity index (χ2n) is 8.23. The molecule has 1 aromatic carbocycles. The van der Waals surface area contributed by atoms with Gasteiger partial charge in [0, 0.05) is 49.9 Å². The molecule has 2 bridgehead atoms. The standard InChI is InChI=1S/C22H27N3O2/c26-22-17(6-7-21-18-10-16(11-23-12-18)13-25(21)22)14-24-9-8-20(15-24)27-19-4-2-1-3-5-19/h1-7,16,18,20,23H,8-15H2/t16-,18+,20+/m0/s1. The molecule has 1 aromatic heterocycles. The SMILES string of the molecule is O=c1c(CN2CC[C@@H](Oc3ccccc3)C2)ccc2n1C[C@@H]1CNC[C@H]2C1. The van der Waals surface area contributed by atoms with Crippen LogP contribution in [-0.2, 0) is 13.1 Å². The van der Waals surface area contributed by atoms with E-state index in [1.807, 2.05) is 30.3 Å². The summed E-state index contributed by atoms with van der Waals surface area (Å²) >= 11 is 0. The number of rotatable bonds is 4. The molecule has 2 saturated heterocycles. The van der Waals surface area contributed by atoms with Gasteiger partial charge in [-0.1, -0.05) is 24.3 Å². The van der Waals surface area contributed by atoms with E-state index in [0.29, 0.717) is 11.8 Å². The van der Waals surface area contributed by atoms with Crippen LogP contribution in [0.25, 0.3) is 0 Å². The molecule has 0 aliphatic carbocycles. The van der Waals surface area contributed by atoms with Crippen LogP contribution in [0.4, 0.5) is 0 Å². The summed E-state index contributed by atoms with van der Waals surface area (Å²) in [5.41, 5.74) is 2.36. The fraction of sp³-hybridized carbons (Fsp3) is 0.500. The molecule has 0 spiro atoms. The highest BCUT2D eigenvalue weighted by Crippen LogP contribution is 2.31. The van der Waals surface area contributed by atoms with Crippen LogP contribution in [0.5, 0.6) is 5.75 Å². The number of nitrogens with zero attached hydrogens (tertiary/aromatic N) is 2. The normalized spacial score (nSPS) is 27.3. The maximum Gasteiger partial charge on any atom is 0.255 e. The van der Waals surface area contributed by atoms with E-state index in [4.69, 9.17) is 4.74 Å². The fourth-order valence-corrected chi connectivity index (χ4v) is 4.93. The van der Waals surface area contributed by atoms with Gasteiger partial charge in [-0.2, -0.15) is 0 Å². The Kier molecular flexibility index (Phi) is 4.50. The molecule has 3 atom stereocenters. The van der Waals surface area contributed by atoms with Crippen molar-refractivity contribution in [2.75, 3.05) is 26.2 Å². The lowest BCUT2D eigenvalue weighted by Crippen LogP contribution is -2.45. The van der Waals surface area contributed by atoms with E-state index < -0.39 is 0 Å². The number of piperidine rings is 1. The molecule has 0 amide bonds. The quantitative estimate of drug-likeness (QED) is 0.902. The molecule has 4 heterocycles. The molecule has 5 rings (SSSR count). The predicted octanol–water partition coefficient (Wildman–Crippen LogP) is 2.21. The van der Waals surface area contributed by atoms with Crippen molar-refractivity contribution in [1.29, 1.82) is 0 Å². The second-order valence-corrected chi connectivity index (χ2v) is 8.23. The zero-order valence-electron chi connectivity index (χ0n) is 15.6. The Labute approximate surface area is 159 Å². The summed E-state index contributed by atoms with van der Waals surface area (Å²) in [5, 5.41) is 3.51. The third-order valence-corrected chi connectivity index (χ3v) is 6.26. The third-order valence-electron chi connectivity index (χ3n) is 6.26. The average molecular weight is 365 g/mol. The van der Waals surface area contributed by atoms with Gasteiger partial charge in [0.05, 0.1) is 0 Å². The number of likely N-dealkylation sites (tertiary alicyclic amines) is 1. The zero-order valence-corrected chi connectivity index (χ0v) is 15.6. The number of benzene rings is 1. The first-order chi connectivity index (χ1) is 13.3. The molecule has 0 saturated carbocycles.